The van der Waals surface area contributed by atoms with Gasteiger partial charge in [-0.25, -0.2) is 4.79 Å². The Morgan fingerprint density at radius 1 is 1.47 bits per heavy atom. The Balaban J connectivity index is 2.05. The van der Waals surface area contributed by atoms with Crippen molar-refractivity contribution in [1.82, 2.24) is 9.55 Å². The van der Waals surface area contributed by atoms with Crippen LogP contribution in [0.2, 0.25) is 0 Å². The molecule has 0 spiro atoms. The monoisotopic (exact) mass is 261 g/mol. The summed E-state index contributed by atoms with van der Waals surface area (Å²) in [5, 5.41) is 8.80. The average Bonchev–Trinajstić information content (AvgIpc) is 2.38. The number of hydrogen-bond donors (Lipinski definition) is 1. The Bertz CT molecular complexity index is 594. The Morgan fingerprint density at radius 3 is 2.95 bits per heavy atom. The quantitative estimate of drug-likeness (QED) is 0.898. The number of aromatic nitrogens is 2. The first-order valence-corrected chi connectivity index (χ1v) is 6.84. The van der Waals surface area contributed by atoms with Crippen molar-refractivity contribution in [3.63, 3.8) is 0 Å². The second kappa shape index (κ2) is 5.87. The molecule has 0 saturated heterocycles. The highest BCUT2D eigenvalue weighted by Crippen LogP contribution is 2.30. The predicted octanol–water partition coefficient (Wildman–Crippen LogP) is 1.62. The van der Waals surface area contributed by atoms with Crippen molar-refractivity contribution < 1.29 is 0 Å². The van der Waals surface area contributed by atoms with Crippen LogP contribution in [0.15, 0.2) is 15.8 Å². The Morgan fingerprint density at radius 2 is 2.26 bits per heavy atom. The van der Waals surface area contributed by atoms with Crippen molar-refractivity contribution >= 4 is 0 Å². The molecule has 1 aliphatic carbocycles. The van der Waals surface area contributed by atoms with Gasteiger partial charge in [-0.05, 0) is 24.7 Å². The third-order valence-electron chi connectivity index (χ3n) is 3.95. The molecule has 0 radical (unpaired) electrons. The third kappa shape index (κ3) is 3.34. The van der Waals surface area contributed by atoms with Crippen LogP contribution in [0, 0.1) is 23.2 Å². The molecule has 0 aliphatic heterocycles. The average molecular weight is 261 g/mol. The van der Waals surface area contributed by atoms with Crippen LogP contribution >= 0.6 is 0 Å². The molecular weight excluding hydrogens is 242 g/mol. The fourth-order valence-electron chi connectivity index (χ4n) is 2.90. The van der Waals surface area contributed by atoms with E-state index in [1.54, 1.807) is 6.07 Å². The van der Waals surface area contributed by atoms with Gasteiger partial charge in [0, 0.05) is 12.7 Å². The first kappa shape index (κ1) is 13.6. The second-order valence-electron chi connectivity index (χ2n) is 5.53. The van der Waals surface area contributed by atoms with Crippen molar-refractivity contribution in [1.29, 1.82) is 5.26 Å². The Labute approximate surface area is 111 Å². The summed E-state index contributed by atoms with van der Waals surface area (Å²) in [5.41, 5.74) is -1.03. The zero-order valence-electron chi connectivity index (χ0n) is 11.2. The lowest BCUT2D eigenvalue weighted by Gasteiger charge is -2.26. The van der Waals surface area contributed by atoms with Crippen LogP contribution in [0.3, 0.4) is 0 Å². The number of nitriles is 1. The summed E-state index contributed by atoms with van der Waals surface area (Å²) in [6.07, 6.45) is 7.29. The molecule has 1 aliphatic rings. The molecule has 1 saturated carbocycles. The van der Waals surface area contributed by atoms with E-state index in [0.717, 1.165) is 12.3 Å². The maximum absolute atomic E-state index is 11.6. The van der Waals surface area contributed by atoms with Gasteiger partial charge < -0.3 is 0 Å². The van der Waals surface area contributed by atoms with Crippen LogP contribution in [-0.2, 0) is 6.54 Å². The molecule has 5 heteroatoms. The molecule has 5 nitrogen and oxygen atoms in total. The molecule has 1 fully saturated rings. The van der Waals surface area contributed by atoms with Crippen LogP contribution in [0.1, 0.15) is 44.6 Å². The maximum Gasteiger partial charge on any atom is 0.328 e. The highest BCUT2D eigenvalue weighted by atomic mass is 16.2. The molecule has 2 rings (SSSR count). The number of hydrogen-bond acceptors (Lipinski definition) is 3. The van der Waals surface area contributed by atoms with Crippen LogP contribution in [0.4, 0.5) is 0 Å². The van der Waals surface area contributed by atoms with E-state index in [9.17, 15) is 9.59 Å². The van der Waals surface area contributed by atoms with Crippen molar-refractivity contribution in [3.05, 3.63) is 32.6 Å². The molecule has 0 amide bonds. The molecule has 1 N–H and O–H groups in total. The van der Waals surface area contributed by atoms with Crippen LogP contribution in [-0.4, -0.2) is 9.55 Å². The van der Waals surface area contributed by atoms with Crippen LogP contribution < -0.4 is 11.2 Å². The third-order valence-corrected chi connectivity index (χ3v) is 3.95. The summed E-state index contributed by atoms with van der Waals surface area (Å²) < 4.78 is 1.44. The molecule has 2 unspecified atom stereocenters. The number of rotatable bonds is 3. The number of aryl methyl sites for hydroxylation is 1. The topological polar surface area (TPSA) is 78.7 Å². The molecule has 1 heterocycles. The highest BCUT2D eigenvalue weighted by molar-refractivity contribution is 5.21. The van der Waals surface area contributed by atoms with Gasteiger partial charge in [0.05, 0.1) is 0 Å². The molecule has 0 aromatic carbocycles. The van der Waals surface area contributed by atoms with Gasteiger partial charge in [-0.2, -0.15) is 5.26 Å². The van der Waals surface area contributed by atoms with Crippen LogP contribution in [0.25, 0.3) is 0 Å². The maximum atomic E-state index is 11.6. The Kier molecular flexibility index (Phi) is 4.20. The minimum atomic E-state index is -0.602. The highest BCUT2D eigenvalue weighted by Gasteiger charge is 2.18. The lowest BCUT2D eigenvalue weighted by atomic mass is 9.81. The van der Waals surface area contributed by atoms with E-state index in [0.29, 0.717) is 12.5 Å². The summed E-state index contributed by atoms with van der Waals surface area (Å²) in [4.78, 5) is 25.1. The summed E-state index contributed by atoms with van der Waals surface area (Å²) in [6.45, 7) is 2.84. The van der Waals surface area contributed by atoms with Crippen molar-refractivity contribution in [2.75, 3.05) is 0 Å². The van der Waals surface area contributed by atoms with Gasteiger partial charge in [-0.3, -0.25) is 14.3 Å². The molecule has 1 aromatic rings. The van der Waals surface area contributed by atoms with E-state index in [2.05, 4.69) is 11.9 Å². The van der Waals surface area contributed by atoms with Crippen LogP contribution in [0.5, 0.6) is 0 Å². The molecular formula is C14H19N3O2. The van der Waals surface area contributed by atoms with E-state index in [1.807, 2.05) is 0 Å². The zero-order chi connectivity index (χ0) is 13.8. The summed E-state index contributed by atoms with van der Waals surface area (Å²) in [7, 11) is 0. The van der Waals surface area contributed by atoms with Gasteiger partial charge in [0.2, 0.25) is 0 Å². The molecule has 0 bridgehead atoms. The number of H-pyrrole nitrogens is 1. The second-order valence-corrected chi connectivity index (χ2v) is 5.53. The van der Waals surface area contributed by atoms with E-state index in [1.165, 1.54) is 36.4 Å². The molecule has 1 aromatic heterocycles. The summed E-state index contributed by atoms with van der Waals surface area (Å²) in [5.74, 6) is 1.41. The van der Waals surface area contributed by atoms with Gasteiger partial charge >= 0.3 is 5.69 Å². The SMILES string of the molecule is CC1CCCC(CCn2cc(C#N)c(=O)[nH]c2=O)C1. The van der Waals surface area contributed by atoms with Gasteiger partial charge in [0.15, 0.2) is 0 Å². The van der Waals surface area contributed by atoms with Gasteiger partial charge in [0.25, 0.3) is 5.56 Å². The standard InChI is InChI=1S/C14H19N3O2/c1-10-3-2-4-11(7-10)5-6-17-9-12(8-15)13(18)16-14(17)19/h9-11H,2-7H2,1H3,(H,16,18,19). The molecule has 2 atom stereocenters. The molecule has 19 heavy (non-hydrogen) atoms. The first-order valence-electron chi connectivity index (χ1n) is 6.84. The smallest absolute Gasteiger partial charge is 0.299 e. The minimum absolute atomic E-state index is 0.00314. The van der Waals surface area contributed by atoms with E-state index < -0.39 is 11.2 Å². The number of aromatic amines is 1. The predicted molar refractivity (Wildman–Crippen MR) is 71.8 cm³/mol. The van der Waals surface area contributed by atoms with Gasteiger partial charge in [-0.1, -0.05) is 26.2 Å². The van der Waals surface area contributed by atoms with Gasteiger partial charge in [-0.15, -0.1) is 0 Å². The summed E-state index contributed by atoms with van der Waals surface area (Å²) in [6, 6.07) is 1.80. The van der Waals surface area contributed by atoms with E-state index >= 15 is 0 Å². The number of nitrogens with one attached hydrogen (secondary N) is 1. The normalized spacial score (nSPS) is 22.9. The van der Waals surface area contributed by atoms with E-state index in [-0.39, 0.29) is 5.56 Å². The first-order chi connectivity index (χ1) is 9.10. The van der Waals surface area contributed by atoms with Crippen molar-refractivity contribution in [3.8, 4) is 6.07 Å². The largest absolute Gasteiger partial charge is 0.328 e. The molecule has 102 valence electrons. The summed E-state index contributed by atoms with van der Waals surface area (Å²) >= 11 is 0. The lowest BCUT2D eigenvalue weighted by Crippen LogP contribution is -2.31. The zero-order valence-corrected chi connectivity index (χ0v) is 11.2. The van der Waals surface area contributed by atoms with Crippen molar-refractivity contribution in [2.24, 2.45) is 11.8 Å². The fourth-order valence-corrected chi connectivity index (χ4v) is 2.90. The minimum Gasteiger partial charge on any atom is -0.299 e. The fraction of sp³-hybridized carbons (Fsp3) is 0.643. The van der Waals surface area contributed by atoms with Gasteiger partial charge in [0.1, 0.15) is 11.6 Å². The Hall–Kier alpha value is -1.83. The van der Waals surface area contributed by atoms with E-state index in [4.69, 9.17) is 5.26 Å². The van der Waals surface area contributed by atoms with Crippen molar-refractivity contribution in [2.45, 2.75) is 45.6 Å². The number of nitrogens with zero attached hydrogens (tertiary/aromatic N) is 2. The lowest BCUT2D eigenvalue weighted by molar-refractivity contribution is 0.260.